The molecule has 1 N–H and O–H groups in total. The lowest BCUT2D eigenvalue weighted by Crippen LogP contribution is -2.45. The zero-order valence-electron chi connectivity index (χ0n) is 15.0. The Kier molecular flexibility index (Phi) is 5.85. The predicted octanol–water partition coefficient (Wildman–Crippen LogP) is 4.27. The molecule has 0 unspecified atom stereocenters. The highest BCUT2D eigenvalue weighted by Crippen LogP contribution is 2.25. The molecule has 0 aromatic heterocycles. The monoisotopic (exact) mass is 358 g/mol. The molecule has 0 saturated heterocycles. The van der Waals surface area contributed by atoms with E-state index in [0.717, 1.165) is 11.1 Å². The van der Waals surface area contributed by atoms with Crippen LogP contribution in [-0.2, 0) is 16.1 Å². The van der Waals surface area contributed by atoms with Crippen molar-refractivity contribution in [3.63, 3.8) is 0 Å². The number of hydrogen-bond donors (Lipinski definition) is 1. The first-order valence-corrected chi connectivity index (χ1v) is 8.46. The molecule has 0 saturated carbocycles. The van der Waals surface area contributed by atoms with Crippen molar-refractivity contribution in [2.75, 3.05) is 12.4 Å². The molecule has 0 radical (unpaired) electrons. The lowest BCUT2D eigenvalue weighted by Gasteiger charge is -2.28. The molecule has 0 bridgehead atoms. The number of carbonyl (C=O) groups is 2. The zero-order chi connectivity index (χ0) is 18.6. The van der Waals surface area contributed by atoms with E-state index in [1.807, 2.05) is 43.3 Å². The van der Waals surface area contributed by atoms with Crippen molar-refractivity contribution in [3.05, 3.63) is 64.7 Å². The van der Waals surface area contributed by atoms with E-state index in [0.29, 0.717) is 17.3 Å². The van der Waals surface area contributed by atoms with Gasteiger partial charge < -0.3 is 10.2 Å². The highest BCUT2D eigenvalue weighted by atomic mass is 35.5. The lowest BCUT2D eigenvalue weighted by molar-refractivity contribution is -0.145. The molecule has 0 aliphatic heterocycles. The fourth-order valence-corrected chi connectivity index (χ4v) is 2.64. The topological polar surface area (TPSA) is 49.4 Å². The molecule has 2 aromatic carbocycles. The Balaban J connectivity index is 2.08. The van der Waals surface area contributed by atoms with E-state index in [2.05, 4.69) is 5.32 Å². The van der Waals surface area contributed by atoms with Gasteiger partial charge in [-0.3, -0.25) is 9.59 Å². The first-order valence-electron chi connectivity index (χ1n) is 8.09. The van der Waals surface area contributed by atoms with E-state index >= 15 is 0 Å². The van der Waals surface area contributed by atoms with Crippen molar-refractivity contribution < 1.29 is 9.59 Å². The maximum atomic E-state index is 12.8. The molecule has 0 aliphatic carbocycles. The van der Waals surface area contributed by atoms with Gasteiger partial charge >= 0.3 is 0 Å². The second kappa shape index (κ2) is 7.70. The fraction of sp³-hybridized carbons (Fsp3) is 0.300. The summed E-state index contributed by atoms with van der Waals surface area (Å²) in [7, 11) is 1.70. The fourth-order valence-electron chi connectivity index (χ4n) is 2.46. The summed E-state index contributed by atoms with van der Waals surface area (Å²) in [5.41, 5.74) is 1.32. The van der Waals surface area contributed by atoms with Crippen molar-refractivity contribution >= 4 is 29.1 Å². The van der Waals surface area contributed by atoms with Crippen LogP contribution < -0.4 is 5.32 Å². The van der Waals surface area contributed by atoms with Gasteiger partial charge in [-0.2, -0.15) is 0 Å². The molecule has 0 fully saturated rings. The van der Waals surface area contributed by atoms with Crippen LogP contribution in [-0.4, -0.2) is 23.8 Å². The van der Waals surface area contributed by atoms with E-state index in [4.69, 9.17) is 11.6 Å². The summed E-state index contributed by atoms with van der Waals surface area (Å²) in [5, 5.41) is 3.35. The molecule has 25 heavy (non-hydrogen) atoms. The molecule has 2 aromatic rings. The van der Waals surface area contributed by atoms with Crippen LogP contribution in [0.25, 0.3) is 0 Å². The van der Waals surface area contributed by atoms with Gasteiger partial charge in [0.2, 0.25) is 11.8 Å². The Morgan fingerprint density at radius 3 is 2.36 bits per heavy atom. The van der Waals surface area contributed by atoms with Gasteiger partial charge in [-0.05, 0) is 44.0 Å². The van der Waals surface area contributed by atoms with Crippen LogP contribution in [0.5, 0.6) is 0 Å². The smallest absolute Gasteiger partial charge is 0.239 e. The first kappa shape index (κ1) is 19.0. The number of benzene rings is 2. The highest BCUT2D eigenvalue weighted by Gasteiger charge is 2.38. The maximum Gasteiger partial charge on any atom is 0.239 e. The number of aryl methyl sites for hydroxylation is 1. The number of nitrogens with one attached hydrogen (secondary N) is 1. The Hall–Kier alpha value is -2.33. The van der Waals surface area contributed by atoms with Crippen molar-refractivity contribution in [1.82, 2.24) is 4.90 Å². The summed E-state index contributed by atoms with van der Waals surface area (Å²) >= 11 is 6.09. The molecule has 0 heterocycles. The van der Waals surface area contributed by atoms with Gasteiger partial charge in [0.25, 0.3) is 0 Å². The van der Waals surface area contributed by atoms with Gasteiger partial charge in [0.05, 0.1) is 0 Å². The van der Waals surface area contributed by atoms with Crippen LogP contribution in [0.4, 0.5) is 5.69 Å². The second-order valence-corrected chi connectivity index (χ2v) is 7.10. The summed E-state index contributed by atoms with van der Waals surface area (Å²) in [6.45, 7) is 5.59. The molecule has 5 heteroatoms. The van der Waals surface area contributed by atoms with Gasteiger partial charge in [0.1, 0.15) is 5.41 Å². The number of rotatable bonds is 5. The summed E-state index contributed by atoms with van der Waals surface area (Å²) in [6, 6.07) is 15.0. The van der Waals surface area contributed by atoms with Gasteiger partial charge in [0, 0.05) is 24.3 Å². The Morgan fingerprint density at radius 1 is 1.12 bits per heavy atom. The summed E-state index contributed by atoms with van der Waals surface area (Å²) < 4.78 is 0. The van der Waals surface area contributed by atoms with Gasteiger partial charge in [-0.1, -0.05) is 48.0 Å². The average Bonchev–Trinajstić information content (AvgIpc) is 2.58. The minimum Gasteiger partial charge on any atom is -0.341 e. The average molecular weight is 359 g/mol. The Labute approximate surface area is 153 Å². The van der Waals surface area contributed by atoms with Gasteiger partial charge in [-0.15, -0.1) is 0 Å². The third-order valence-electron chi connectivity index (χ3n) is 4.14. The van der Waals surface area contributed by atoms with E-state index in [1.165, 1.54) is 0 Å². The largest absolute Gasteiger partial charge is 0.341 e. The van der Waals surface area contributed by atoms with Crippen LogP contribution in [0.3, 0.4) is 0 Å². The third-order valence-corrected chi connectivity index (χ3v) is 4.55. The number of anilines is 1. The first-order chi connectivity index (χ1) is 11.7. The Morgan fingerprint density at radius 2 is 1.76 bits per heavy atom. The van der Waals surface area contributed by atoms with E-state index in [9.17, 15) is 9.59 Å². The molecule has 0 atom stereocenters. The van der Waals surface area contributed by atoms with Crippen LogP contribution in [0, 0.1) is 12.3 Å². The summed E-state index contributed by atoms with van der Waals surface area (Å²) in [6.07, 6.45) is 0. The zero-order valence-corrected chi connectivity index (χ0v) is 15.7. The summed E-state index contributed by atoms with van der Waals surface area (Å²) in [4.78, 5) is 27.0. The van der Waals surface area contributed by atoms with E-state index in [-0.39, 0.29) is 11.8 Å². The number of nitrogens with zero attached hydrogens (tertiary/aromatic N) is 1. The SMILES string of the molecule is Cc1ccc(NC(=O)C(C)(C)C(=O)N(C)Cc2ccccc2)cc1Cl. The summed E-state index contributed by atoms with van der Waals surface area (Å²) in [5.74, 6) is -0.607. The van der Waals surface area contributed by atoms with Crippen molar-refractivity contribution in [2.24, 2.45) is 5.41 Å². The highest BCUT2D eigenvalue weighted by molar-refractivity contribution is 6.31. The molecular formula is C20H23ClN2O2. The van der Waals surface area contributed by atoms with Crippen LogP contribution in [0.1, 0.15) is 25.0 Å². The minimum atomic E-state index is -1.19. The van der Waals surface area contributed by atoms with Crippen molar-refractivity contribution in [3.8, 4) is 0 Å². The van der Waals surface area contributed by atoms with Crippen molar-refractivity contribution in [1.29, 1.82) is 0 Å². The molecule has 4 nitrogen and oxygen atoms in total. The molecular weight excluding hydrogens is 336 g/mol. The number of amides is 2. The van der Waals surface area contributed by atoms with E-state index < -0.39 is 5.41 Å². The Bertz CT molecular complexity index is 773. The molecule has 2 rings (SSSR count). The molecule has 132 valence electrons. The maximum absolute atomic E-state index is 12.8. The normalized spacial score (nSPS) is 11.1. The van der Waals surface area contributed by atoms with Crippen LogP contribution in [0.2, 0.25) is 5.02 Å². The predicted molar refractivity (Wildman–Crippen MR) is 102 cm³/mol. The van der Waals surface area contributed by atoms with Crippen LogP contribution in [0.15, 0.2) is 48.5 Å². The number of carbonyl (C=O) groups excluding carboxylic acids is 2. The van der Waals surface area contributed by atoms with Gasteiger partial charge in [-0.25, -0.2) is 0 Å². The molecule has 0 spiro atoms. The second-order valence-electron chi connectivity index (χ2n) is 6.69. The quantitative estimate of drug-likeness (QED) is 0.811. The standard InChI is InChI=1S/C20H23ClN2O2/c1-14-10-11-16(12-17(14)21)22-18(24)20(2,3)19(25)23(4)13-15-8-6-5-7-9-15/h5-12H,13H2,1-4H3,(H,22,24). The lowest BCUT2D eigenvalue weighted by atomic mass is 9.90. The molecule has 0 aliphatic rings. The molecule has 2 amide bonds. The number of hydrogen-bond acceptors (Lipinski definition) is 2. The van der Waals surface area contributed by atoms with Crippen molar-refractivity contribution in [2.45, 2.75) is 27.3 Å². The minimum absolute atomic E-state index is 0.243. The van der Waals surface area contributed by atoms with Gasteiger partial charge in [0.15, 0.2) is 0 Å². The van der Waals surface area contributed by atoms with Crippen LogP contribution >= 0.6 is 11.6 Å². The third kappa shape index (κ3) is 4.60. The number of halogens is 1. The van der Waals surface area contributed by atoms with E-state index in [1.54, 1.807) is 37.9 Å².